The van der Waals surface area contributed by atoms with Gasteiger partial charge >= 0.3 is 0 Å². The van der Waals surface area contributed by atoms with Crippen molar-refractivity contribution in [1.29, 1.82) is 0 Å². The molecule has 2 N–H and O–H groups in total. The first kappa shape index (κ1) is 14.6. The van der Waals surface area contributed by atoms with Gasteiger partial charge in [0.1, 0.15) is 11.5 Å². The summed E-state index contributed by atoms with van der Waals surface area (Å²) in [5, 5.41) is 13.6. The van der Waals surface area contributed by atoms with Crippen molar-refractivity contribution in [2.24, 2.45) is 0 Å². The molecule has 0 fully saturated rings. The number of hydrogen-bond donors (Lipinski definition) is 2. The molecular weight excluding hydrogens is 254 g/mol. The van der Waals surface area contributed by atoms with Crippen LogP contribution in [0.5, 0.6) is 5.75 Å². The molecule has 108 valence electrons. The third-order valence-electron chi connectivity index (χ3n) is 3.33. The second kappa shape index (κ2) is 6.59. The van der Waals surface area contributed by atoms with Crippen LogP contribution < -0.4 is 10.1 Å². The van der Waals surface area contributed by atoms with Gasteiger partial charge < -0.3 is 19.6 Å². The normalized spacial score (nSPS) is 14.0. The third-order valence-corrected chi connectivity index (χ3v) is 3.33. The summed E-state index contributed by atoms with van der Waals surface area (Å²) in [6.45, 7) is 4.43. The summed E-state index contributed by atoms with van der Waals surface area (Å²) in [7, 11) is 1.61. The van der Waals surface area contributed by atoms with Gasteiger partial charge in [0.05, 0.1) is 25.5 Å². The highest BCUT2D eigenvalue weighted by Gasteiger charge is 2.15. The Hall–Kier alpha value is -1.78. The molecule has 0 saturated carbocycles. The molecular formula is C16H21NO3. The van der Waals surface area contributed by atoms with Crippen LogP contribution in [-0.2, 0) is 0 Å². The lowest BCUT2D eigenvalue weighted by atomic mass is 10.0. The quantitative estimate of drug-likeness (QED) is 0.851. The Morgan fingerprint density at radius 3 is 2.80 bits per heavy atom. The van der Waals surface area contributed by atoms with Crippen molar-refractivity contribution in [1.82, 2.24) is 5.32 Å². The van der Waals surface area contributed by atoms with E-state index in [4.69, 9.17) is 9.15 Å². The van der Waals surface area contributed by atoms with Gasteiger partial charge in [-0.25, -0.2) is 0 Å². The standard InChI is InChI=1S/C16H21NO3/c1-11-6-7-16(19-3)13(9-11)14(18)10-17-12(2)15-5-4-8-20-15/h4-9,12,14,17-18H,10H2,1-3H3/t12-,14?/m0/s1. The highest BCUT2D eigenvalue weighted by Crippen LogP contribution is 2.26. The number of methoxy groups -OCH3 is 1. The maximum absolute atomic E-state index is 10.3. The molecule has 4 heteroatoms. The monoisotopic (exact) mass is 275 g/mol. The number of benzene rings is 1. The molecule has 1 aromatic carbocycles. The molecule has 0 bridgehead atoms. The van der Waals surface area contributed by atoms with Gasteiger partial charge in [0.25, 0.3) is 0 Å². The maximum atomic E-state index is 10.3. The van der Waals surface area contributed by atoms with Gasteiger partial charge in [0, 0.05) is 12.1 Å². The van der Waals surface area contributed by atoms with Crippen LogP contribution in [0.2, 0.25) is 0 Å². The number of rotatable bonds is 6. The van der Waals surface area contributed by atoms with Gasteiger partial charge in [-0.2, -0.15) is 0 Å². The van der Waals surface area contributed by atoms with E-state index in [9.17, 15) is 5.11 Å². The van der Waals surface area contributed by atoms with Crippen LogP contribution in [0.3, 0.4) is 0 Å². The van der Waals surface area contributed by atoms with E-state index in [2.05, 4.69) is 5.32 Å². The fraction of sp³-hybridized carbons (Fsp3) is 0.375. The van der Waals surface area contributed by atoms with Gasteiger partial charge in [-0.3, -0.25) is 0 Å². The molecule has 0 aliphatic carbocycles. The molecule has 2 rings (SSSR count). The highest BCUT2D eigenvalue weighted by atomic mass is 16.5. The van der Waals surface area contributed by atoms with Crippen LogP contribution in [0.25, 0.3) is 0 Å². The number of aryl methyl sites for hydroxylation is 1. The average Bonchev–Trinajstić information content (AvgIpc) is 2.98. The molecule has 1 aromatic heterocycles. The molecule has 0 aliphatic rings. The molecule has 1 unspecified atom stereocenters. The van der Waals surface area contributed by atoms with E-state index < -0.39 is 6.10 Å². The fourth-order valence-electron chi connectivity index (χ4n) is 2.15. The van der Waals surface area contributed by atoms with Crippen molar-refractivity contribution in [3.63, 3.8) is 0 Å². The maximum Gasteiger partial charge on any atom is 0.124 e. The fourth-order valence-corrected chi connectivity index (χ4v) is 2.15. The molecule has 1 heterocycles. The average molecular weight is 275 g/mol. The predicted octanol–water partition coefficient (Wildman–Crippen LogP) is 2.98. The zero-order valence-corrected chi connectivity index (χ0v) is 12.1. The molecule has 0 amide bonds. The van der Waals surface area contributed by atoms with Gasteiger partial charge in [-0.15, -0.1) is 0 Å². The first-order chi connectivity index (χ1) is 9.61. The lowest BCUT2D eigenvalue weighted by Crippen LogP contribution is -2.24. The Morgan fingerprint density at radius 2 is 2.15 bits per heavy atom. The van der Waals surface area contributed by atoms with Crippen LogP contribution >= 0.6 is 0 Å². The lowest BCUT2D eigenvalue weighted by Gasteiger charge is -2.18. The Morgan fingerprint density at radius 1 is 1.35 bits per heavy atom. The van der Waals surface area contributed by atoms with Crippen molar-refractivity contribution in [3.8, 4) is 5.75 Å². The molecule has 20 heavy (non-hydrogen) atoms. The first-order valence-corrected chi connectivity index (χ1v) is 6.71. The number of furan rings is 1. The summed E-state index contributed by atoms with van der Waals surface area (Å²) >= 11 is 0. The molecule has 0 radical (unpaired) electrons. The van der Waals surface area contributed by atoms with E-state index >= 15 is 0 Å². The lowest BCUT2D eigenvalue weighted by molar-refractivity contribution is 0.165. The van der Waals surface area contributed by atoms with Crippen LogP contribution in [0, 0.1) is 6.92 Å². The molecule has 0 aliphatic heterocycles. The van der Waals surface area contributed by atoms with Gasteiger partial charge in [-0.1, -0.05) is 11.6 Å². The van der Waals surface area contributed by atoms with E-state index in [0.717, 1.165) is 16.9 Å². The van der Waals surface area contributed by atoms with Crippen molar-refractivity contribution < 1.29 is 14.3 Å². The SMILES string of the molecule is COc1ccc(C)cc1C(O)CN[C@@H](C)c1ccco1. The van der Waals surface area contributed by atoms with E-state index in [-0.39, 0.29) is 6.04 Å². The van der Waals surface area contributed by atoms with Crippen LogP contribution in [0.1, 0.15) is 36.0 Å². The number of aliphatic hydroxyl groups is 1. The Balaban J connectivity index is 2.01. The second-order valence-corrected chi connectivity index (χ2v) is 4.91. The van der Waals surface area contributed by atoms with Crippen LogP contribution in [0.15, 0.2) is 41.0 Å². The van der Waals surface area contributed by atoms with E-state index in [1.54, 1.807) is 13.4 Å². The minimum absolute atomic E-state index is 0.0513. The summed E-state index contributed by atoms with van der Waals surface area (Å²) in [5.74, 6) is 1.56. The minimum Gasteiger partial charge on any atom is -0.496 e. The largest absolute Gasteiger partial charge is 0.496 e. The van der Waals surface area contributed by atoms with Crippen LogP contribution in [-0.4, -0.2) is 18.8 Å². The molecule has 0 spiro atoms. The first-order valence-electron chi connectivity index (χ1n) is 6.71. The summed E-state index contributed by atoms with van der Waals surface area (Å²) in [6.07, 6.45) is 1.02. The van der Waals surface area contributed by atoms with Crippen molar-refractivity contribution in [2.75, 3.05) is 13.7 Å². The van der Waals surface area contributed by atoms with E-state index in [1.165, 1.54) is 0 Å². The predicted molar refractivity (Wildman–Crippen MR) is 77.8 cm³/mol. The second-order valence-electron chi connectivity index (χ2n) is 4.91. The van der Waals surface area contributed by atoms with Gasteiger partial charge in [0.2, 0.25) is 0 Å². The summed E-state index contributed by atoms with van der Waals surface area (Å²) in [6, 6.07) is 9.61. The molecule has 4 nitrogen and oxygen atoms in total. The summed E-state index contributed by atoms with van der Waals surface area (Å²) in [5.41, 5.74) is 1.89. The molecule has 0 saturated heterocycles. The van der Waals surface area contributed by atoms with Crippen molar-refractivity contribution >= 4 is 0 Å². The van der Waals surface area contributed by atoms with Crippen molar-refractivity contribution in [3.05, 3.63) is 53.5 Å². The highest BCUT2D eigenvalue weighted by molar-refractivity contribution is 5.38. The minimum atomic E-state index is -0.623. The number of ether oxygens (including phenoxy) is 1. The van der Waals surface area contributed by atoms with Gasteiger partial charge in [-0.05, 0) is 38.1 Å². The summed E-state index contributed by atoms with van der Waals surface area (Å²) < 4.78 is 10.6. The number of aliphatic hydroxyl groups excluding tert-OH is 1. The number of nitrogens with one attached hydrogen (secondary N) is 1. The van der Waals surface area contributed by atoms with Crippen LogP contribution in [0.4, 0.5) is 0 Å². The van der Waals surface area contributed by atoms with Gasteiger partial charge in [0.15, 0.2) is 0 Å². The topological polar surface area (TPSA) is 54.6 Å². The van der Waals surface area contributed by atoms with E-state index in [0.29, 0.717) is 12.3 Å². The zero-order valence-electron chi connectivity index (χ0n) is 12.1. The molecule has 2 atom stereocenters. The Bertz CT molecular complexity index is 537. The summed E-state index contributed by atoms with van der Waals surface area (Å²) in [4.78, 5) is 0. The zero-order chi connectivity index (χ0) is 14.5. The smallest absolute Gasteiger partial charge is 0.124 e. The third kappa shape index (κ3) is 3.40. The Labute approximate surface area is 119 Å². The van der Waals surface area contributed by atoms with Crippen molar-refractivity contribution in [2.45, 2.75) is 26.0 Å². The Kier molecular flexibility index (Phi) is 4.82. The van der Waals surface area contributed by atoms with E-state index in [1.807, 2.05) is 44.2 Å². The number of hydrogen-bond acceptors (Lipinski definition) is 4. The molecule has 2 aromatic rings.